The molecule has 128 valence electrons. The largest absolute Gasteiger partial charge is 0.303 e. The van der Waals surface area contributed by atoms with Crippen molar-refractivity contribution in [3.05, 3.63) is 60.4 Å². The van der Waals surface area contributed by atoms with Gasteiger partial charge >= 0.3 is 0 Å². The zero-order valence-electron chi connectivity index (χ0n) is 14.5. The second-order valence-electron chi connectivity index (χ2n) is 6.95. The van der Waals surface area contributed by atoms with Crippen LogP contribution in [-0.2, 0) is 0 Å². The van der Waals surface area contributed by atoms with Crippen LogP contribution in [0, 0.1) is 5.82 Å². The number of benzene rings is 2. The SMILES string of the molecule is CN(C)C1(CSc2nc3ccccc3cc2-c2ccc(F)cc2)CC1. The smallest absolute Gasteiger partial charge is 0.123 e. The summed E-state index contributed by atoms with van der Waals surface area (Å²) in [6.45, 7) is 0. The van der Waals surface area contributed by atoms with Crippen molar-refractivity contribution >= 4 is 22.7 Å². The van der Waals surface area contributed by atoms with Crippen LogP contribution in [0.1, 0.15) is 12.8 Å². The number of halogens is 1. The van der Waals surface area contributed by atoms with Crippen LogP contribution in [-0.4, -0.2) is 35.3 Å². The zero-order valence-corrected chi connectivity index (χ0v) is 15.3. The van der Waals surface area contributed by atoms with E-state index in [-0.39, 0.29) is 5.82 Å². The Labute approximate surface area is 152 Å². The van der Waals surface area contributed by atoms with Crippen LogP contribution < -0.4 is 0 Å². The third-order valence-corrected chi connectivity index (χ3v) is 6.36. The number of thioether (sulfide) groups is 1. The minimum Gasteiger partial charge on any atom is -0.303 e. The van der Waals surface area contributed by atoms with Gasteiger partial charge in [-0.2, -0.15) is 0 Å². The maximum absolute atomic E-state index is 13.3. The number of rotatable bonds is 5. The standard InChI is InChI=1S/C21H21FN2S/c1-24(2)21(11-12-21)14-25-20-18(15-7-9-17(22)10-8-15)13-16-5-3-4-6-19(16)23-20/h3-10,13H,11-12,14H2,1-2H3. The third-order valence-electron chi connectivity index (χ3n) is 5.10. The first-order valence-electron chi connectivity index (χ1n) is 8.53. The van der Waals surface area contributed by atoms with Crippen molar-refractivity contribution in [1.29, 1.82) is 0 Å². The lowest BCUT2D eigenvalue weighted by Gasteiger charge is -2.23. The van der Waals surface area contributed by atoms with Gasteiger partial charge < -0.3 is 4.90 Å². The van der Waals surface area contributed by atoms with E-state index in [1.54, 1.807) is 0 Å². The molecule has 0 atom stereocenters. The molecule has 1 heterocycles. The van der Waals surface area contributed by atoms with Gasteiger partial charge in [0.05, 0.1) is 5.52 Å². The minimum atomic E-state index is -0.212. The van der Waals surface area contributed by atoms with E-state index < -0.39 is 0 Å². The first-order valence-corrected chi connectivity index (χ1v) is 9.52. The van der Waals surface area contributed by atoms with Gasteiger partial charge in [0.25, 0.3) is 0 Å². The highest BCUT2D eigenvalue weighted by Crippen LogP contribution is 2.45. The van der Waals surface area contributed by atoms with E-state index in [2.05, 4.69) is 31.1 Å². The van der Waals surface area contributed by atoms with Gasteiger partial charge in [0, 0.05) is 22.2 Å². The summed E-state index contributed by atoms with van der Waals surface area (Å²) in [6.07, 6.45) is 2.49. The van der Waals surface area contributed by atoms with Crippen LogP contribution in [0.25, 0.3) is 22.0 Å². The van der Waals surface area contributed by atoms with Crippen molar-refractivity contribution in [2.45, 2.75) is 23.4 Å². The van der Waals surface area contributed by atoms with E-state index in [9.17, 15) is 4.39 Å². The van der Waals surface area contributed by atoms with E-state index in [0.717, 1.165) is 32.8 Å². The Hall–Kier alpha value is -1.91. The minimum absolute atomic E-state index is 0.212. The average molecular weight is 352 g/mol. The monoisotopic (exact) mass is 352 g/mol. The summed E-state index contributed by atoms with van der Waals surface area (Å²) in [5, 5.41) is 2.14. The fraction of sp³-hybridized carbons (Fsp3) is 0.286. The number of fused-ring (bicyclic) bond motifs is 1. The van der Waals surface area contributed by atoms with Crippen LogP contribution in [0.3, 0.4) is 0 Å². The molecule has 4 rings (SSSR count). The normalized spacial score (nSPS) is 15.7. The molecule has 0 radical (unpaired) electrons. The third kappa shape index (κ3) is 3.29. The molecule has 0 aliphatic heterocycles. The lowest BCUT2D eigenvalue weighted by Crippen LogP contribution is -2.32. The number of nitrogens with zero attached hydrogens (tertiary/aromatic N) is 2. The first-order chi connectivity index (χ1) is 12.1. The second-order valence-corrected chi connectivity index (χ2v) is 7.91. The molecule has 0 amide bonds. The summed E-state index contributed by atoms with van der Waals surface area (Å²) in [5.74, 6) is 0.816. The Morgan fingerprint density at radius 3 is 2.48 bits per heavy atom. The summed E-state index contributed by atoms with van der Waals surface area (Å²) < 4.78 is 13.3. The van der Waals surface area contributed by atoms with Crippen LogP contribution >= 0.6 is 11.8 Å². The lowest BCUT2D eigenvalue weighted by atomic mass is 10.1. The quantitative estimate of drug-likeness (QED) is 0.585. The fourth-order valence-electron chi connectivity index (χ4n) is 3.11. The molecule has 0 spiro atoms. The van der Waals surface area contributed by atoms with E-state index in [4.69, 9.17) is 4.98 Å². The molecule has 25 heavy (non-hydrogen) atoms. The van der Waals surface area contributed by atoms with Gasteiger partial charge in [-0.1, -0.05) is 30.3 Å². The van der Waals surface area contributed by atoms with Crippen molar-refractivity contribution in [3.63, 3.8) is 0 Å². The van der Waals surface area contributed by atoms with Gasteiger partial charge in [-0.15, -0.1) is 11.8 Å². The molecule has 0 N–H and O–H groups in total. The maximum Gasteiger partial charge on any atom is 0.123 e. The van der Waals surface area contributed by atoms with Crippen molar-refractivity contribution in [1.82, 2.24) is 9.88 Å². The zero-order chi connectivity index (χ0) is 17.4. The molecule has 1 aliphatic rings. The van der Waals surface area contributed by atoms with Crippen LogP contribution in [0.4, 0.5) is 4.39 Å². The summed E-state index contributed by atoms with van der Waals surface area (Å²) >= 11 is 1.81. The van der Waals surface area contributed by atoms with E-state index in [1.165, 1.54) is 25.0 Å². The molecule has 1 aromatic heterocycles. The fourth-order valence-corrected chi connectivity index (χ4v) is 4.56. The molecule has 0 saturated heterocycles. The average Bonchev–Trinajstić information content (AvgIpc) is 3.41. The second kappa shape index (κ2) is 6.43. The highest BCUT2D eigenvalue weighted by molar-refractivity contribution is 7.99. The Balaban J connectivity index is 1.75. The Morgan fingerprint density at radius 2 is 1.80 bits per heavy atom. The Kier molecular flexibility index (Phi) is 4.26. The number of hydrogen-bond acceptors (Lipinski definition) is 3. The summed E-state index contributed by atoms with van der Waals surface area (Å²) in [4.78, 5) is 7.25. The summed E-state index contributed by atoms with van der Waals surface area (Å²) in [6, 6.07) is 17.0. The van der Waals surface area contributed by atoms with Crippen molar-refractivity contribution in [3.8, 4) is 11.1 Å². The maximum atomic E-state index is 13.3. The van der Waals surface area contributed by atoms with Gasteiger partial charge in [-0.25, -0.2) is 9.37 Å². The van der Waals surface area contributed by atoms with E-state index in [1.807, 2.05) is 42.1 Å². The predicted molar refractivity (Wildman–Crippen MR) is 104 cm³/mol. The summed E-state index contributed by atoms with van der Waals surface area (Å²) in [7, 11) is 4.31. The Bertz CT molecular complexity index is 901. The van der Waals surface area contributed by atoms with Crippen LogP contribution in [0.15, 0.2) is 59.6 Å². The molecule has 1 saturated carbocycles. The van der Waals surface area contributed by atoms with Gasteiger partial charge in [0.1, 0.15) is 10.8 Å². The van der Waals surface area contributed by atoms with Crippen LogP contribution in [0.5, 0.6) is 0 Å². The summed E-state index contributed by atoms with van der Waals surface area (Å²) in [5.41, 5.74) is 3.40. The molecule has 2 nitrogen and oxygen atoms in total. The van der Waals surface area contributed by atoms with Crippen LogP contribution in [0.2, 0.25) is 0 Å². The first kappa shape index (κ1) is 16.6. The van der Waals surface area contributed by atoms with E-state index >= 15 is 0 Å². The molecule has 0 bridgehead atoms. The molecule has 1 aliphatic carbocycles. The predicted octanol–water partition coefficient (Wildman–Crippen LogP) is 5.23. The molecule has 4 heteroatoms. The van der Waals surface area contributed by atoms with Crippen molar-refractivity contribution < 1.29 is 4.39 Å². The highest BCUT2D eigenvalue weighted by atomic mass is 32.2. The highest BCUT2D eigenvalue weighted by Gasteiger charge is 2.44. The molecule has 3 aromatic rings. The lowest BCUT2D eigenvalue weighted by molar-refractivity contribution is 0.299. The number of para-hydroxylation sites is 1. The molecular formula is C21H21FN2S. The van der Waals surface area contributed by atoms with E-state index in [0.29, 0.717) is 5.54 Å². The molecular weight excluding hydrogens is 331 g/mol. The van der Waals surface area contributed by atoms with Crippen molar-refractivity contribution in [2.24, 2.45) is 0 Å². The van der Waals surface area contributed by atoms with Gasteiger partial charge in [0.2, 0.25) is 0 Å². The van der Waals surface area contributed by atoms with Crippen molar-refractivity contribution in [2.75, 3.05) is 19.8 Å². The van der Waals surface area contributed by atoms with Gasteiger partial charge in [0.15, 0.2) is 0 Å². The van der Waals surface area contributed by atoms with Gasteiger partial charge in [-0.05, 0) is 56.8 Å². The molecule has 1 fully saturated rings. The Morgan fingerprint density at radius 1 is 1.08 bits per heavy atom. The topological polar surface area (TPSA) is 16.1 Å². The number of hydrogen-bond donors (Lipinski definition) is 0. The molecule has 0 unspecified atom stereocenters. The number of aromatic nitrogens is 1. The molecule has 2 aromatic carbocycles. The van der Waals surface area contributed by atoms with Gasteiger partial charge in [-0.3, -0.25) is 0 Å². The number of pyridine rings is 1.